The predicted molar refractivity (Wildman–Crippen MR) is 69.1 cm³/mol. The fraction of sp³-hybridized carbons (Fsp3) is 0.533. The van der Waals surface area contributed by atoms with Crippen LogP contribution in [-0.4, -0.2) is 35.1 Å². The highest BCUT2D eigenvalue weighted by molar-refractivity contribution is 5.89. The summed E-state index contributed by atoms with van der Waals surface area (Å²) in [6.45, 7) is 1.06. The molecule has 1 N–H and O–H groups in total. The molecule has 0 radical (unpaired) electrons. The lowest BCUT2D eigenvalue weighted by Crippen LogP contribution is -2.50. The molecule has 3 nitrogen and oxygen atoms in total. The van der Waals surface area contributed by atoms with E-state index >= 15 is 0 Å². The third-order valence-corrected chi connectivity index (χ3v) is 4.46. The minimum Gasteiger partial charge on any atom is -0.391 e. The van der Waals surface area contributed by atoms with Crippen molar-refractivity contribution in [2.24, 2.45) is 0 Å². The molecule has 1 atom stereocenters. The molecule has 0 bridgehead atoms. The molecule has 1 saturated carbocycles. The molecule has 1 amide bonds. The van der Waals surface area contributed by atoms with Gasteiger partial charge in [0.1, 0.15) is 5.82 Å². The first-order valence-electron chi connectivity index (χ1n) is 6.85. The first-order chi connectivity index (χ1) is 9.12. The molecule has 1 aliphatic heterocycles. The van der Waals surface area contributed by atoms with Crippen molar-refractivity contribution in [1.29, 1.82) is 0 Å². The van der Waals surface area contributed by atoms with Gasteiger partial charge in [0, 0.05) is 13.1 Å². The van der Waals surface area contributed by atoms with Crippen molar-refractivity contribution in [1.82, 2.24) is 4.90 Å². The molecule has 1 aromatic carbocycles. The number of aliphatic hydroxyl groups excluding tert-OH is 1. The number of hydrogen-bond acceptors (Lipinski definition) is 2. The molecular weight excluding hydrogens is 245 g/mol. The summed E-state index contributed by atoms with van der Waals surface area (Å²) in [5.74, 6) is -0.177. The first-order valence-corrected chi connectivity index (χ1v) is 6.85. The summed E-state index contributed by atoms with van der Waals surface area (Å²) in [5.41, 5.74) is 0.434. The van der Waals surface area contributed by atoms with Crippen LogP contribution in [0.25, 0.3) is 0 Å². The van der Waals surface area contributed by atoms with E-state index in [1.807, 2.05) is 0 Å². The van der Waals surface area contributed by atoms with Crippen LogP contribution in [0.5, 0.6) is 0 Å². The number of β-amino-alcohol motifs (C(OH)–C–C–N with tert-alkyl or cyclic N) is 1. The highest BCUT2D eigenvalue weighted by Crippen LogP contribution is 2.45. The molecule has 0 unspecified atom stereocenters. The number of carbonyl (C=O) groups is 1. The standard InChI is InChI=1S/C15H18FNO2/c16-12-4-2-11(3-5-12)15(7-1-8-15)14(19)17-9-6-13(18)10-17/h2-5,13,18H,1,6-10H2/t13-/m1/s1. The molecule has 2 aliphatic rings. The minimum atomic E-state index is -0.474. The van der Waals surface area contributed by atoms with Crippen LogP contribution in [0, 0.1) is 5.82 Å². The van der Waals surface area contributed by atoms with Crippen LogP contribution in [0.15, 0.2) is 24.3 Å². The van der Waals surface area contributed by atoms with Crippen molar-refractivity contribution in [2.45, 2.75) is 37.2 Å². The summed E-state index contributed by atoms with van der Waals surface area (Å²) in [6, 6.07) is 6.28. The largest absolute Gasteiger partial charge is 0.391 e. The normalized spacial score (nSPS) is 25.2. The molecule has 1 aliphatic carbocycles. The lowest BCUT2D eigenvalue weighted by Gasteiger charge is -2.43. The highest BCUT2D eigenvalue weighted by atomic mass is 19.1. The van der Waals surface area contributed by atoms with Crippen molar-refractivity contribution in [3.8, 4) is 0 Å². The average Bonchev–Trinajstić information content (AvgIpc) is 2.77. The van der Waals surface area contributed by atoms with E-state index in [1.165, 1.54) is 12.1 Å². The van der Waals surface area contributed by atoms with Gasteiger partial charge in [-0.2, -0.15) is 0 Å². The number of nitrogens with zero attached hydrogens (tertiary/aromatic N) is 1. The molecule has 1 aromatic rings. The molecule has 1 heterocycles. The number of rotatable bonds is 2. The molecule has 0 spiro atoms. The van der Waals surface area contributed by atoms with Gasteiger partial charge in [0.2, 0.25) is 5.91 Å². The number of halogens is 1. The van der Waals surface area contributed by atoms with E-state index in [0.717, 1.165) is 24.8 Å². The van der Waals surface area contributed by atoms with E-state index in [-0.39, 0.29) is 11.7 Å². The Hall–Kier alpha value is -1.42. The van der Waals surface area contributed by atoms with Crippen LogP contribution >= 0.6 is 0 Å². The van der Waals surface area contributed by atoms with Gasteiger partial charge in [0.25, 0.3) is 0 Å². The van der Waals surface area contributed by atoms with E-state index in [2.05, 4.69) is 0 Å². The summed E-state index contributed by atoms with van der Waals surface area (Å²) < 4.78 is 13.0. The third-order valence-electron chi connectivity index (χ3n) is 4.46. The van der Waals surface area contributed by atoms with Crippen molar-refractivity contribution in [3.63, 3.8) is 0 Å². The Bertz CT molecular complexity index is 481. The second-order valence-electron chi connectivity index (χ2n) is 5.64. The number of hydrogen-bond donors (Lipinski definition) is 1. The third kappa shape index (κ3) is 2.04. The summed E-state index contributed by atoms with van der Waals surface area (Å²) >= 11 is 0. The van der Waals surface area contributed by atoms with Crippen LogP contribution in [0.2, 0.25) is 0 Å². The van der Waals surface area contributed by atoms with Gasteiger partial charge in [-0.3, -0.25) is 4.79 Å². The lowest BCUT2D eigenvalue weighted by atomic mass is 9.63. The monoisotopic (exact) mass is 263 g/mol. The van der Waals surface area contributed by atoms with Gasteiger partial charge in [-0.05, 0) is 37.0 Å². The summed E-state index contributed by atoms with van der Waals surface area (Å²) in [5, 5.41) is 9.57. The summed E-state index contributed by atoms with van der Waals surface area (Å²) in [7, 11) is 0. The molecular formula is C15H18FNO2. The van der Waals surface area contributed by atoms with Crippen molar-refractivity contribution in [2.75, 3.05) is 13.1 Å². The topological polar surface area (TPSA) is 40.5 Å². The number of benzene rings is 1. The summed E-state index contributed by atoms with van der Waals surface area (Å²) in [4.78, 5) is 14.5. The Morgan fingerprint density at radius 3 is 2.47 bits per heavy atom. The Kier molecular flexibility index (Phi) is 3.05. The van der Waals surface area contributed by atoms with Crippen molar-refractivity contribution in [3.05, 3.63) is 35.6 Å². The number of amides is 1. The van der Waals surface area contributed by atoms with Gasteiger partial charge in [-0.15, -0.1) is 0 Å². The Balaban J connectivity index is 1.86. The highest BCUT2D eigenvalue weighted by Gasteiger charge is 2.48. The molecule has 102 valence electrons. The maximum Gasteiger partial charge on any atom is 0.233 e. The maximum atomic E-state index is 13.0. The van der Waals surface area contributed by atoms with E-state index in [9.17, 15) is 14.3 Å². The van der Waals surface area contributed by atoms with Crippen LogP contribution in [0.1, 0.15) is 31.2 Å². The van der Waals surface area contributed by atoms with Crippen LogP contribution in [0.3, 0.4) is 0 Å². The Morgan fingerprint density at radius 1 is 1.32 bits per heavy atom. The SMILES string of the molecule is O=C(N1CC[C@@H](O)C1)C1(c2ccc(F)cc2)CCC1. The van der Waals surface area contributed by atoms with Crippen LogP contribution < -0.4 is 0 Å². The number of aliphatic hydroxyl groups is 1. The van der Waals surface area contributed by atoms with Crippen LogP contribution in [-0.2, 0) is 10.2 Å². The molecule has 4 heteroatoms. The molecule has 0 aromatic heterocycles. The van der Waals surface area contributed by atoms with E-state index in [4.69, 9.17) is 0 Å². The summed E-state index contributed by atoms with van der Waals surface area (Å²) in [6.07, 6.45) is 2.94. The fourth-order valence-electron chi connectivity index (χ4n) is 3.15. The predicted octanol–water partition coefficient (Wildman–Crippen LogP) is 1.84. The fourth-order valence-corrected chi connectivity index (χ4v) is 3.15. The van der Waals surface area contributed by atoms with Crippen LogP contribution in [0.4, 0.5) is 4.39 Å². The molecule has 3 rings (SSSR count). The quantitative estimate of drug-likeness (QED) is 0.884. The van der Waals surface area contributed by atoms with E-state index in [1.54, 1.807) is 17.0 Å². The Labute approximate surface area is 112 Å². The molecule has 2 fully saturated rings. The molecule has 1 saturated heterocycles. The lowest BCUT2D eigenvalue weighted by molar-refractivity contribution is -0.140. The van der Waals surface area contributed by atoms with Gasteiger partial charge in [0.15, 0.2) is 0 Å². The van der Waals surface area contributed by atoms with Crippen molar-refractivity contribution < 1.29 is 14.3 Å². The second-order valence-corrected chi connectivity index (χ2v) is 5.64. The maximum absolute atomic E-state index is 13.0. The van der Waals surface area contributed by atoms with E-state index < -0.39 is 11.5 Å². The number of likely N-dealkylation sites (tertiary alicyclic amines) is 1. The van der Waals surface area contributed by atoms with Gasteiger partial charge < -0.3 is 10.0 Å². The van der Waals surface area contributed by atoms with Crippen molar-refractivity contribution >= 4 is 5.91 Å². The average molecular weight is 263 g/mol. The number of carbonyl (C=O) groups excluding carboxylic acids is 1. The minimum absolute atomic E-state index is 0.0990. The zero-order valence-corrected chi connectivity index (χ0v) is 10.8. The zero-order valence-electron chi connectivity index (χ0n) is 10.8. The van der Waals surface area contributed by atoms with Gasteiger partial charge in [-0.1, -0.05) is 18.6 Å². The Morgan fingerprint density at radius 2 is 2.00 bits per heavy atom. The smallest absolute Gasteiger partial charge is 0.233 e. The van der Waals surface area contributed by atoms with Gasteiger partial charge >= 0.3 is 0 Å². The first kappa shape index (κ1) is 12.6. The van der Waals surface area contributed by atoms with E-state index in [0.29, 0.717) is 19.5 Å². The molecule has 19 heavy (non-hydrogen) atoms. The second kappa shape index (κ2) is 4.60. The zero-order chi connectivity index (χ0) is 13.5. The van der Waals surface area contributed by atoms with Gasteiger partial charge in [-0.25, -0.2) is 4.39 Å². The van der Waals surface area contributed by atoms with Gasteiger partial charge in [0.05, 0.1) is 11.5 Å².